The molecule has 1 unspecified atom stereocenters. The zero-order chi connectivity index (χ0) is 17.9. The van der Waals surface area contributed by atoms with Crippen LogP contribution in [-0.4, -0.2) is 26.8 Å². The summed E-state index contributed by atoms with van der Waals surface area (Å²) in [5, 5.41) is 12.0. The van der Waals surface area contributed by atoms with E-state index in [-0.39, 0.29) is 11.2 Å². The summed E-state index contributed by atoms with van der Waals surface area (Å²) in [6, 6.07) is 10.1. The lowest BCUT2D eigenvalue weighted by molar-refractivity contribution is -0.120. The summed E-state index contributed by atoms with van der Waals surface area (Å²) in [4.78, 5) is 12.8. The summed E-state index contributed by atoms with van der Waals surface area (Å²) in [7, 11) is 0. The Morgan fingerprint density at radius 2 is 1.85 bits per heavy atom. The molecule has 0 radical (unpaired) electrons. The minimum absolute atomic E-state index is 0.0194. The maximum Gasteiger partial charge on any atom is 0.238 e. The van der Waals surface area contributed by atoms with Gasteiger partial charge in [-0.05, 0) is 31.2 Å². The molecule has 2 fully saturated rings. The number of amides is 1. The van der Waals surface area contributed by atoms with Gasteiger partial charge in [0.05, 0.1) is 0 Å². The van der Waals surface area contributed by atoms with E-state index in [1.165, 1.54) is 31.0 Å². The molecule has 1 heterocycles. The molecule has 138 valence electrons. The minimum Gasteiger partial charge on any atom is -0.352 e. The fraction of sp³-hybridized carbons (Fsp3) is 0.526. The number of thioether (sulfide) groups is 1. The number of hydrogen-bond donors (Lipinski definition) is 2. The molecule has 1 aromatic carbocycles. The molecule has 7 heteroatoms. The number of nitrogen functional groups attached to an aromatic ring is 1. The van der Waals surface area contributed by atoms with E-state index in [2.05, 4.69) is 15.5 Å². The van der Waals surface area contributed by atoms with Gasteiger partial charge in [0.15, 0.2) is 5.82 Å². The van der Waals surface area contributed by atoms with Crippen LogP contribution in [0.5, 0.6) is 0 Å². The minimum atomic E-state index is -0.373. The SMILES string of the molecule is Nn1c(SC(C(=O)NC2CC2)c2ccccc2)nnc1C1CCCCC1. The molecule has 0 spiro atoms. The molecule has 2 saturated carbocycles. The van der Waals surface area contributed by atoms with Crippen molar-refractivity contribution in [1.29, 1.82) is 0 Å². The smallest absolute Gasteiger partial charge is 0.238 e. The molecule has 2 aliphatic carbocycles. The second-order valence-electron chi connectivity index (χ2n) is 7.24. The lowest BCUT2D eigenvalue weighted by Crippen LogP contribution is -2.30. The Hall–Kier alpha value is -2.02. The van der Waals surface area contributed by atoms with Gasteiger partial charge < -0.3 is 11.2 Å². The first-order chi connectivity index (χ1) is 12.7. The number of carbonyl (C=O) groups excluding carboxylic acids is 1. The molecule has 2 aromatic rings. The molecule has 2 aliphatic rings. The fourth-order valence-electron chi connectivity index (χ4n) is 3.52. The van der Waals surface area contributed by atoms with Crippen LogP contribution >= 0.6 is 11.8 Å². The molecule has 6 nitrogen and oxygen atoms in total. The van der Waals surface area contributed by atoms with Crippen LogP contribution in [0.1, 0.15) is 67.5 Å². The Morgan fingerprint density at radius 1 is 1.12 bits per heavy atom. The number of nitrogens with zero attached hydrogens (tertiary/aromatic N) is 3. The van der Waals surface area contributed by atoms with Crippen LogP contribution in [-0.2, 0) is 4.79 Å². The Balaban J connectivity index is 1.55. The highest BCUT2D eigenvalue weighted by atomic mass is 32.2. The molecular weight excluding hydrogens is 346 g/mol. The van der Waals surface area contributed by atoms with Crippen LogP contribution in [0, 0.1) is 0 Å². The van der Waals surface area contributed by atoms with Crippen molar-refractivity contribution in [3.8, 4) is 0 Å². The van der Waals surface area contributed by atoms with Crippen LogP contribution in [0.15, 0.2) is 35.5 Å². The van der Waals surface area contributed by atoms with E-state index in [9.17, 15) is 4.79 Å². The van der Waals surface area contributed by atoms with E-state index >= 15 is 0 Å². The van der Waals surface area contributed by atoms with Crippen molar-refractivity contribution in [3.05, 3.63) is 41.7 Å². The highest BCUT2D eigenvalue weighted by Gasteiger charge is 2.31. The lowest BCUT2D eigenvalue weighted by Gasteiger charge is -2.20. The lowest BCUT2D eigenvalue weighted by atomic mass is 9.89. The third-order valence-electron chi connectivity index (χ3n) is 5.15. The van der Waals surface area contributed by atoms with E-state index < -0.39 is 0 Å². The summed E-state index contributed by atoms with van der Waals surface area (Å²) in [5.41, 5.74) is 0.956. The van der Waals surface area contributed by atoms with Crippen LogP contribution in [0.3, 0.4) is 0 Å². The number of aromatic nitrogens is 3. The van der Waals surface area contributed by atoms with Crippen LogP contribution in [0.25, 0.3) is 0 Å². The summed E-state index contributed by atoms with van der Waals surface area (Å²) >= 11 is 1.38. The largest absolute Gasteiger partial charge is 0.352 e. The Labute approximate surface area is 157 Å². The van der Waals surface area contributed by atoms with Crippen molar-refractivity contribution >= 4 is 17.7 Å². The summed E-state index contributed by atoms with van der Waals surface area (Å²) in [5.74, 6) is 7.56. The Bertz CT molecular complexity index is 753. The maximum atomic E-state index is 12.8. The van der Waals surface area contributed by atoms with Crippen molar-refractivity contribution in [2.45, 2.75) is 67.3 Å². The Morgan fingerprint density at radius 3 is 2.54 bits per heavy atom. The van der Waals surface area contributed by atoms with Gasteiger partial charge in [0.25, 0.3) is 0 Å². The molecule has 0 bridgehead atoms. The van der Waals surface area contributed by atoms with Gasteiger partial charge in [-0.15, -0.1) is 10.2 Å². The predicted octanol–water partition coefficient (Wildman–Crippen LogP) is 3.15. The zero-order valence-corrected chi connectivity index (χ0v) is 15.6. The van der Waals surface area contributed by atoms with E-state index in [0.717, 1.165) is 37.1 Å². The number of nitrogens with two attached hydrogens (primary N) is 1. The highest BCUT2D eigenvalue weighted by molar-refractivity contribution is 8.00. The van der Waals surface area contributed by atoms with E-state index in [1.54, 1.807) is 4.68 Å². The van der Waals surface area contributed by atoms with Gasteiger partial charge in [-0.1, -0.05) is 61.4 Å². The second-order valence-corrected chi connectivity index (χ2v) is 8.31. The van der Waals surface area contributed by atoms with Crippen molar-refractivity contribution in [1.82, 2.24) is 20.2 Å². The van der Waals surface area contributed by atoms with Gasteiger partial charge >= 0.3 is 0 Å². The molecule has 1 amide bonds. The first-order valence-corrected chi connectivity index (χ1v) is 10.3. The molecule has 4 rings (SSSR count). The van der Waals surface area contributed by atoms with Gasteiger partial charge in [0.1, 0.15) is 5.25 Å². The molecular formula is C19H25N5OS. The molecule has 3 N–H and O–H groups in total. The quantitative estimate of drug-likeness (QED) is 0.602. The first-order valence-electron chi connectivity index (χ1n) is 9.44. The molecule has 1 aromatic heterocycles. The van der Waals surface area contributed by atoms with Crippen molar-refractivity contribution < 1.29 is 4.79 Å². The van der Waals surface area contributed by atoms with Crippen LogP contribution in [0.4, 0.5) is 0 Å². The summed E-state index contributed by atoms with van der Waals surface area (Å²) in [6.07, 6.45) is 8.09. The zero-order valence-electron chi connectivity index (χ0n) is 14.8. The Kier molecular flexibility index (Phi) is 5.15. The van der Waals surface area contributed by atoms with E-state index in [0.29, 0.717) is 17.1 Å². The molecule has 26 heavy (non-hydrogen) atoms. The average Bonchev–Trinajstić information content (AvgIpc) is 3.42. The monoisotopic (exact) mass is 371 g/mol. The van der Waals surface area contributed by atoms with Crippen LogP contribution < -0.4 is 11.2 Å². The van der Waals surface area contributed by atoms with Gasteiger partial charge in [-0.3, -0.25) is 4.79 Å². The average molecular weight is 372 g/mol. The van der Waals surface area contributed by atoms with Crippen molar-refractivity contribution in [3.63, 3.8) is 0 Å². The van der Waals surface area contributed by atoms with E-state index in [1.807, 2.05) is 30.3 Å². The normalized spacial score (nSPS) is 19.2. The predicted molar refractivity (Wildman–Crippen MR) is 102 cm³/mol. The molecule has 0 saturated heterocycles. The standard InChI is InChI=1S/C19H25N5OS/c20-24-17(14-9-5-2-6-10-14)22-23-19(24)26-16(13-7-3-1-4-8-13)18(25)21-15-11-12-15/h1,3-4,7-8,14-16H,2,5-6,9-12,20H2,(H,21,25). The summed E-state index contributed by atoms with van der Waals surface area (Å²) in [6.45, 7) is 0. The van der Waals surface area contributed by atoms with Crippen LogP contribution in [0.2, 0.25) is 0 Å². The van der Waals surface area contributed by atoms with Gasteiger partial charge in [0.2, 0.25) is 11.1 Å². The van der Waals surface area contributed by atoms with Gasteiger partial charge in [-0.2, -0.15) is 0 Å². The van der Waals surface area contributed by atoms with Gasteiger partial charge in [-0.25, -0.2) is 4.68 Å². The number of rotatable bonds is 6. The summed E-state index contributed by atoms with van der Waals surface area (Å²) < 4.78 is 1.60. The maximum absolute atomic E-state index is 12.8. The number of carbonyl (C=O) groups is 1. The first kappa shape index (κ1) is 17.4. The number of hydrogen-bond acceptors (Lipinski definition) is 5. The molecule has 0 aliphatic heterocycles. The van der Waals surface area contributed by atoms with Crippen molar-refractivity contribution in [2.75, 3.05) is 5.84 Å². The molecule has 1 atom stereocenters. The van der Waals surface area contributed by atoms with Gasteiger partial charge in [0, 0.05) is 12.0 Å². The number of benzene rings is 1. The van der Waals surface area contributed by atoms with E-state index in [4.69, 9.17) is 5.84 Å². The van der Waals surface area contributed by atoms with Crippen molar-refractivity contribution in [2.24, 2.45) is 0 Å². The topological polar surface area (TPSA) is 85.8 Å². The number of nitrogens with one attached hydrogen (secondary N) is 1. The second kappa shape index (κ2) is 7.70. The fourth-order valence-corrected chi connectivity index (χ4v) is 4.49. The third-order valence-corrected chi connectivity index (χ3v) is 6.36. The third kappa shape index (κ3) is 3.87. The highest BCUT2D eigenvalue weighted by Crippen LogP contribution is 2.37.